The number of aromatic nitrogens is 2. The first-order valence-corrected chi connectivity index (χ1v) is 7.71. The van der Waals surface area contributed by atoms with Crippen LogP contribution in [0.1, 0.15) is 5.82 Å². The minimum atomic E-state index is -3.76. The number of rotatable bonds is 5. The number of halogens is 1. The van der Waals surface area contributed by atoms with Gasteiger partial charge in [0.2, 0.25) is 10.0 Å². The maximum absolute atomic E-state index is 11.2. The van der Waals surface area contributed by atoms with Crippen LogP contribution in [0, 0.1) is 0 Å². The first kappa shape index (κ1) is 14.8. The highest BCUT2D eigenvalue weighted by Crippen LogP contribution is 2.26. The van der Waals surface area contributed by atoms with Crippen LogP contribution in [-0.2, 0) is 23.5 Å². The lowest BCUT2D eigenvalue weighted by Crippen LogP contribution is -2.12. The Morgan fingerprint density at radius 3 is 2.75 bits per heavy atom. The van der Waals surface area contributed by atoms with Gasteiger partial charge in [0.25, 0.3) is 0 Å². The van der Waals surface area contributed by atoms with Crippen LogP contribution in [0.5, 0.6) is 5.75 Å². The smallest absolute Gasteiger partial charge is 0.238 e. The van der Waals surface area contributed by atoms with Gasteiger partial charge in [-0.15, -0.1) is 0 Å². The van der Waals surface area contributed by atoms with E-state index in [-0.39, 0.29) is 9.92 Å². The second-order valence-electron chi connectivity index (χ2n) is 4.19. The Morgan fingerprint density at radius 2 is 2.20 bits per heavy atom. The predicted octanol–water partition coefficient (Wildman–Crippen LogP) is 1.34. The number of hydrogen-bond acceptors (Lipinski definition) is 4. The summed E-state index contributed by atoms with van der Waals surface area (Å²) in [6, 6.07) is 4.12. The SMILES string of the molecule is Cn1ccnc1CCOc1ccc(S(N)(=O)=O)cc1Cl. The van der Waals surface area contributed by atoms with Gasteiger partial charge in [-0.05, 0) is 18.2 Å². The minimum Gasteiger partial charge on any atom is -0.492 e. The van der Waals surface area contributed by atoms with E-state index >= 15 is 0 Å². The van der Waals surface area contributed by atoms with Crippen LogP contribution in [0.4, 0.5) is 0 Å². The molecule has 0 aliphatic rings. The van der Waals surface area contributed by atoms with Gasteiger partial charge in [-0.3, -0.25) is 0 Å². The average Bonchev–Trinajstić information content (AvgIpc) is 2.76. The van der Waals surface area contributed by atoms with E-state index in [9.17, 15) is 8.42 Å². The van der Waals surface area contributed by atoms with E-state index in [4.69, 9.17) is 21.5 Å². The summed E-state index contributed by atoms with van der Waals surface area (Å²) in [6.45, 7) is 0.388. The van der Waals surface area contributed by atoms with Crippen molar-refractivity contribution in [3.63, 3.8) is 0 Å². The van der Waals surface area contributed by atoms with E-state index in [1.165, 1.54) is 18.2 Å². The molecule has 6 nitrogen and oxygen atoms in total. The fraction of sp³-hybridized carbons (Fsp3) is 0.250. The molecule has 1 aromatic heterocycles. The van der Waals surface area contributed by atoms with Crippen LogP contribution >= 0.6 is 11.6 Å². The third-order valence-corrected chi connectivity index (χ3v) is 3.94. The first-order chi connectivity index (χ1) is 9.38. The quantitative estimate of drug-likeness (QED) is 0.902. The van der Waals surface area contributed by atoms with Gasteiger partial charge < -0.3 is 9.30 Å². The van der Waals surface area contributed by atoms with Crippen molar-refractivity contribution in [2.45, 2.75) is 11.3 Å². The largest absolute Gasteiger partial charge is 0.492 e. The van der Waals surface area contributed by atoms with Gasteiger partial charge in [0.1, 0.15) is 11.6 Å². The van der Waals surface area contributed by atoms with Gasteiger partial charge >= 0.3 is 0 Å². The number of hydrogen-bond donors (Lipinski definition) is 1. The Hall–Kier alpha value is -1.57. The third-order valence-electron chi connectivity index (χ3n) is 2.74. The van der Waals surface area contributed by atoms with Gasteiger partial charge in [0.05, 0.1) is 16.5 Å². The van der Waals surface area contributed by atoms with Crippen molar-refractivity contribution in [3.8, 4) is 5.75 Å². The summed E-state index contributed by atoms with van der Waals surface area (Å²) in [4.78, 5) is 4.13. The molecule has 0 aliphatic heterocycles. The molecule has 0 spiro atoms. The molecule has 20 heavy (non-hydrogen) atoms. The van der Waals surface area contributed by atoms with Crippen LogP contribution < -0.4 is 9.88 Å². The molecule has 8 heteroatoms. The topological polar surface area (TPSA) is 87.2 Å². The molecule has 1 heterocycles. The molecule has 0 saturated heterocycles. The lowest BCUT2D eigenvalue weighted by molar-refractivity contribution is 0.317. The molecule has 2 N–H and O–H groups in total. The van der Waals surface area contributed by atoms with E-state index in [0.717, 1.165) is 5.82 Å². The number of aryl methyl sites for hydroxylation is 1. The second kappa shape index (κ2) is 5.82. The summed E-state index contributed by atoms with van der Waals surface area (Å²) in [5.41, 5.74) is 0. The molecule has 0 saturated carbocycles. The number of sulfonamides is 1. The summed E-state index contributed by atoms with van der Waals surface area (Å²) in [7, 11) is -1.86. The summed E-state index contributed by atoms with van der Waals surface area (Å²) in [5, 5.41) is 5.22. The lowest BCUT2D eigenvalue weighted by Gasteiger charge is -2.09. The Morgan fingerprint density at radius 1 is 1.45 bits per heavy atom. The minimum absolute atomic E-state index is 0.0426. The highest BCUT2D eigenvalue weighted by molar-refractivity contribution is 7.89. The predicted molar refractivity (Wildman–Crippen MR) is 75.2 cm³/mol. The van der Waals surface area contributed by atoms with Crippen molar-refractivity contribution >= 4 is 21.6 Å². The summed E-state index contributed by atoms with van der Waals surface area (Å²) < 4.78 is 29.8. The third kappa shape index (κ3) is 3.50. The molecule has 0 radical (unpaired) electrons. The number of primary sulfonamides is 1. The summed E-state index contributed by atoms with van der Waals surface area (Å²) in [6.07, 6.45) is 4.18. The lowest BCUT2D eigenvalue weighted by atomic mass is 10.3. The van der Waals surface area contributed by atoms with E-state index in [1.54, 1.807) is 6.20 Å². The van der Waals surface area contributed by atoms with Crippen LogP contribution in [-0.4, -0.2) is 24.6 Å². The molecule has 2 aromatic rings. The highest BCUT2D eigenvalue weighted by Gasteiger charge is 2.11. The first-order valence-electron chi connectivity index (χ1n) is 5.79. The number of nitrogens with two attached hydrogens (primary N) is 1. The standard InChI is InChI=1S/C12H14ClN3O3S/c1-16-6-5-15-12(16)4-7-19-11-3-2-9(8-10(11)13)20(14,17)18/h2-3,5-6,8H,4,7H2,1H3,(H2,14,17,18). The highest BCUT2D eigenvalue weighted by atomic mass is 35.5. The maximum Gasteiger partial charge on any atom is 0.238 e. The van der Waals surface area contributed by atoms with Crippen LogP contribution in [0.2, 0.25) is 5.02 Å². The Kier molecular flexibility index (Phi) is 4.32. The van der Waals surface area contributed by atoms with Crippen LogP contribution in [0.15, 0.2) is 35.5 Å². The zero-order valence-corrected chi connectivity index (χ0v) is 12.4. The summed E-state index contributed by atoms with van der Waals surface area (Å²) >= 11 is 5.96. The molecule has 0 unspecified atom stereocenters. The fourth-order valence-electron chi connectivity index (χ4n) is 1.67. The van der Waals surface area contributed by atoms with Crippen LogP contribution in [0.25, 0.3) is 0 Å². The van der Waals surface area contributed by atoms with Crippen molar-refractivity contribution in [2.24, 2.45) is 12.2 Å². The zero-order valence-electron chi connectivity index (χ0n) is 10.8. The van der Waals surface area contributed by atoms with Crippen molar-refractivity contribution in [2.75, 3.05) is 6.61 Å². The van der Waals surface area contributed by atoms with Gasteiger partial charge in [-0.2, -0.15) is 0 Å². The van der Waals surface area contributed by atoms with Gasteiger partial charge in [-0.25, -0.2) is 18.5 Å². The molecule has 108 valence electrons. The zero-order chi connectivity index (χ0) is 14.8. The average molecular weight is 316 g/mol. The Bertz CT molecular complexity index is 712. The fourth-order valence-corrected chi connectivity index (χ4v) is 2.50. The number of imidazole rings is 1. The normalized spacial score (nSPS) is 11.6. The molecular weight excluding hydrogens is 302 g/mol. The van der Waals surface area contributed by atoms with E-state index in [1.807, 2.05) is 17.8 Å². The molecule has 0 atom stereocenters. The molecule has 0 aliphatic carbocycles. The summed E-state index contributed by atoms with van der Waals surface area (Å²) in [5.74, 6) is 1.30. The van der Waals surface area contributed by atoms with Gasteiger partial charge in [0, 0.05) is 25.9 Å². The number of nitrogens with zero attached hydrogens (tertiary/aromatic N) is 2. The van der Waals surface area contributed by atoms with Crippen molar-refractivity contribution in [3.05, 3.63) is 41.4 Å². The second-order valence-corrected chi connectivity index (χ2v) is 6.16. The van der Waals surface area contributed by atoms with E-state index in [2.05, 4.69) is 4.98 Å². The van der Waals surface area contributed by atoms with Gasteiger partial charge in [0.15, 0.2) is 0 Å². The van der Waals surface area contributed by atoms with Crippen LogP contribution in [0.3, 0.4) is 0 Å². The molecule has 0 bridgehead atoms. The van der Waals surface area contributed by atoms with Crippen molar-refractivity contribution < 1.29 is 13.2 Å². The molecule has 0 amide bonds. The molecule has 0 fully saturated rings. The molecular formula is C12H14ClN3O3S. The Labute approximate surface area is 122 Å². The number of benzene rings is 1. The van der Waals surface area contributed by atoms with Crippen molar-refractivity contribution in [1.29, 1.82) is 0 Å². The van der Waals surface area contributed by atoms with Gasteiger partial charge in [-0.1, -0.05) is 11.6 Å². The Balaban J connectivity index is 2.02. The molecule has 1 aromatic carbocycles. The van der Waals surface area contributed by atoms with E-state index < -0.39 is 10.0 Å². The molecule has 2 rings (SSSR count). The van der Waals surface area contributed by atoms with E-state index in [0.29, 0.717) is 18.8 Å². The number of ether oxygens (including phenoxy) is 1. The van der Waals surface area contributed by atoms with Crippen molar-refractivity contribution in [1.82, 2.24) is 9.55 Å². The monoisotopic (exact) mass is 315 g/mol. The maximum atomic E-state index is 11.2.